The van der Waals surface area contributed by atoms with Gasteiger partial charge in [-0.05, 0) is 36.2 Å². The van der Waals surface area contributed by atoms with Crippen LogP contribution in [0.1, 0.15) is 19.4 Å². The molecule has 3 N–H and O–H groups in total. The van der Waals surface area contributed by atoms with Gasteiger partial charge in [-0.2, -0.15) is 0 Å². The molecule has 138 valence electrons. The molecule has 0 aliphatic rings. The molecule has 1 aromatic heterocycles. The number of rotatable bonds is 7. The smallest absolute Gasteiger partial charge is 0.317 e. The third-order valence-electron chi connectivity index (χ3n) is 4.06. The van der Waals surface area contributed by atoms with E-state index in [1.165, 1.54) is 5.39 Å². The average Bonchev–Trinajstić information content (AvgIpc) is 3.08. The molecule has 0 fully saturated rings. The monoisotopic (exact) mass is 348 g/mol. The van der Waals surface area contributed by atoms with Crippen molar-refractivity contribution in [1.82, 2.24) is 20.1 Å². The van der Waals surface area contributed by atoms with Crippen LogP contribution in [0.5, 0.6) is 0 Å². The summed E-state index contributed by atoms with van der Waals surface area (Å²) >= 11 is 0. The Morgan fingerprint density at radius 2 is 1.92 bits per heavy atom. The van der Waals surface area contributed by atoms with Gasteiger partial charge in [-0.3, -0.25) is 4.79 Å². The van der Waals surface area contributed by atoms with E-state index in [4.69, 9.17) is 9.90 Å². The van der Waals surface area contributed by atoms with Crippen LogP contribution in [0.25, 0.3) is 10.9 Å². The summed E-state index contributed by atoms with van der Waals surface area (Å²) in [6.07, 6.45) is 1.92. The molecular formula is C18H28N4O3. The SMILES string of the molecule is CCN(CC)CCN(C)C(=O)NCc1ccc2cc[nH]c2c1.O=CO. The van der Waals surface area contributed by atoms with Crippen molar-refractivity contribution in [3.05, 3.63) is 36.0 Å². The van der Waals surface area contributed by atoms with Gasteiger partial charge in [0.05, 0.1) is 0 Å². The zero-order chi connectivity index (χ0) is 18.7. The number of nitrogens with zero attached hydrogens (tertiary/aromatic N) is 2. The van der Waals surface area contributed by atoms with Crippen molar-refractivity contribution >= 4 is 23.4 Å². The third-order valence-corrected chi connectivity index (χ3v) is 4.06. The first-order valence-corrected chi connectivity index (χ1v) is 8.40. The fraction of sp³-hybridized carbons (Fsp3) is 0.444. The Kier molecular flexibility index (Phi) is 9.10. The molecule has 7 nitrogen and oxygen atoms in total. The summed E-state index contributed by atoms with van der Waals surface area (Å²) in [4.78, 5) is 27.7. The van der Waals surface area contributed by atoms with Gasteiger partial charge in [0.2, 0.25) is 0 Å². The number of fused-ring (bicyclic) bond motifs is 1. The highest BCUT2D eigenvalue weighted by atomic mass is 16.3. The molecule has 0 spiro atoms. The summed E-state index contributed by atoms with van der Waals surface area (Å²) in [7, 11) is 1.84. The lowest BCUT2D eigenvalue weighted by atomic mass is 10.1. The van der Waals surface area contributed by atoms with Crippen LogP contribution in [0.3, 0.4) is 0 Å². The number of hydrogen-bond donors (Lipinski definition) is 3. The van der Waals surface area contributed by atoms with Gasteiger partial charge in [0.15, 0.2) is 0 Å². The van der Waals surface area contributed by atoms with Gasteiger partial charge in [0, 0.05) is 38.4 Å². The van der Waals surface area contributed by atoms with Crippen molar-refractivity contribution in [2.45, 2.75) is 20.4 Å². The first-order chi connectivity index (χ1) is 12.0. The standard InChI is InChI=1S/C17H26N4O.CH2O2/c1-4-21(5-2)11-10-20(3)17(22)19-13-14-6-7-15-8-9-18-16(15)12-14;2-1-3/h6-9,12,18H,4-5,10-11,13H2,1-3H3,(H,19,22);1H,(H,2,3). The molecule has 1 aromatic carbocycles. The molecule has 1 heterocycles. The minimum Gasteiger partial charge on any atom is -0.483 e. The zero-order valence-corrected chi connectivity index (χ0v) is 15.2. The lowest BCUT2D eigenvalue weighted by Crippen LogP contribution is -2.41. The van der Waals surface area contributed by atoms with Crippen LogP contribution >= 0.6 is 0 Å². The molecule has 0 atom stereocenters. The van der Waals surface area contributed by atoms with E-state index in [0.29, 0.717) is 6.54 Å². The highest BCUT2D eigenvalue weighted by Crippen LogP contribution is 2.13. The van der Waals surface area contributed by atoms with Crippen LogP contribution < -0.4 is 5.32 Å². The number of benzene rings is 1. The lowest BCUT2D eigenvalue weighted by molar-refractivity contribution is -0.122. The topological polar surface area (TPSA) is 88.7 Å². The Labute approximate surface area is 148 Å². The Bertz CT molecular complexity index is 653. The number of carbonyl (C=O) groups excluding carboxylic acids is 1. The van der Waals surface area contributed by atoms with Crippen LogP contribution in [0.15, 0.2) is 30.5 Å². The van der Waals surface area contributed by atoms with Gasteiger partial charge in [0.25, 0.3) is 6.47 Å². The van der Waals surface area contributed by atoms with E-state index in [0.717, 1.165) is 37.3 Å². The highest BCUT2D eigenvalue weighted by Gasteiger charge is 2.09. The molecule has 25 heavy (non-hydrogen) atoms. The van der Waals surface area contributed by atoms with Crippen molar-refractivity contribution in [2.75, 3.05) is 33.2 Å². The molecule has 2 aromatic rings. The Hall–Kier alpha value is -2.54. The number of aromatic amines is 1. The van der Waals surface area contributed by atoms with Gasteiger partial charge < -0.3 is 25.2 Å². The van der Waals surface area contributed by atoms with Crippen LogP contribution in [0.2, 0.25) is 0 Å². The van der Waals surface area contributed by atoms with Crippen molar-refractivity contribution < 1.29 is 14.7 Å². The van der Waals surface area contributed by atoms with Gasteiger partial charge in [-0.15, -0.1) is 0 Å². The highest BCUT2D eigenvalue weighted by molar-refractivity contribution is 5.80. The fourth-order valence-electron chi connectivity index (χ4n) is 2.45. The van der Waals surface area contributed by atoms with E-state index >= 15 is 0 Å². The number of likely N-dealkylation sites (N-methyl/N-ethyl adjacent to an activating group) is 2. The van der Waals surface area contributed by atoms with Crippen LogP contribution in [0, 0.1) is 0 Å². The number of nitrogens with one attached hydrogen (secondary N) is 2. The molecule has 0 radical (unpaired) electrons. The predicted molar refractivity (Wildman–Crippen MR) is 99.6 cm³/mol. The Morgan fingerprint density at radius 3 is 2.56 bits per heavy atom. The summed E-state index contributed by atoms with van der Waals surface area (Å²) in [5.41, 5.74) is 2.20. The normalized spacial score (nSPS) is 10.2. The predicted octanol–water partition coefficient (Wildman–Crippen LogP) is 2.35. The van der Waals surface area contributed by atoms with E-state index in [-0.39, 0.29) is 12.5 Å². The lowest BCUT2D eigenvalue weighted by Gasteiger charge is -2.23. The van der Waals surface area contributed by atoms with Crippen LogP contribution in [0.4, 0.5) is 4.79 Å². The van der Waals surface area contributed by atoms with E-state index in [1.54, 1.807) is 4.90 Å². The Balaban J connectivity index is 0.000000970. The number of aromatic nitrogens is 1. The summed E-state index contributed by atoms with van der Waals surface area (Å²) in [5.74, 6) is 0. The first kappa shape index (κ1) is 20.5. The fourth-order valence-corrected chi connectivity index (χ4v) is 2.45. The first-order valence-electron chi connectivity index (χ1n) is 8.40. The quantitative estimate of drug-likeness (QED) is 0.670. The summed E-state index contributed by atoms with van der Waals surface area (Å²) in [5, 5.41) is 11.0. The van der Waals surface area contributed by atoms with Crippen LogP contribution in [-0.2, 0) is 11.3 Å². The minimum atomic E-state index is -0.250. The second kappa shape index (κ2) is 11.1. The summed E-state index contributed by atoms with van der Waals surface area (Å²) < 4.78 is 0. The number of hydrogen-bond acceptors (Lipinski definition) is 3. The third kappa shape index (κ3) is 6.84. The summed E-state index contributed by atoms with van der Waals surface area (Å²) in [6, 6.07) is 8.20. The van der Waals surface area contributed by atoms with Gasteiger partial charge in [0.1, 0.15) is 0 Å². The molecule has 2 rings (SSSR count). The summed E-state index contributed by atoms with van der Waals surface area (Å²) in [6.45, 7) is 8.25. The molecule has 0 aliphatic carbocycles. The largest absolute Gasteiger partial charge is 0.483 e. The number of H-pyrrole nitrogens is 1. The molecule has 0 unspecified atom stereocenters. The maximum Gasteiger partial charge on any atom is 0.317 e. The van der Waals surface area contributed by atoms with Crippen LogP contribution in [-0.4, -0.2) is 65.6 Å². The molecule has 0 saturated carbocycles. The second-order valence-corrected chi connectivity index (χ2v) is 5.61. The molecule has 7 heteroatoms. The van der Waals surface area contributed by atoms with E-state index < -0.39 is 0 Å². The number of amides is 2. The van der Waals surface area contributed by atoms with Gasteiger partial charge >= 0.3 is 6.03 Å². The van der Waals surface area contributed by atoms with Crippen molar-refractivity contribution in [2.24, 2.45) is 0 Å². The van der Waals surface area contributed by atoms with E-state index in [1.807, 2.05) is 25.4 Å². The van der Waals surface area contributed by atoms with Crippen molar-refractivity contribution in [3.63, 3.8) is 0 Å². The number of carboxylic acid groups (broad SMARTS) is 1. The van der Waals surface area contributed by atoms with Gasteiger partial charge in [-0.25, -0.2) is 4.79 Å². The minimum absolute atomic E-state index is 0.0289. The maximum atomic E-state index is 12.1. The molecular weight excluding hydrogens is 320 g/mol. The second-order valence-electron chi connectivity index (χ2n) is 5.61. The number of urea groups is 1. The van der Waals surface area contributed by atoms with Crippen molar-refractivity contribution in [3.8, 4) is 0 Å². The Morgan fingerprint density at radius 1 is 1.24 bits per heavy atom. The zero-order valence-electron chi connectivity index (χ0n) is 15.2. The van der Waals surface area contributed by atoms with Gasteiger partial charge in [-0.1, -0.05) is 26.0 Å². The molecule has 0 aliphatic heterocycles. The average molecular weight is 348 g/mol. The van der Waals surface area contributed by atoms with E-state index in [9.17, 15) is 4.79 Å². The number of carbonyl (C=O) groups is 2. The molecule has 0 bridgehead atoms. The molecule has 0 saturated heterocycles. The molecule has 2 amide bonds. The van der Waals surface area contributed by atoms with Crippen molar-refractivity contribution in [1.29, 1.82) is 0 Å². The van der Waals surface area contributed by atoms with E-state index in [2.05, 4.69) is 41.2 Å². The maximum absolute atomic E-state index is 12.1.